The molecule has 0 saturated carbocycles. The first-order valence-electron chi connectivity index (χ1n) is 5.73. The quantitative estimate of drug-likeness (QED) is 0.765. The van der Waals surface area contributed by atoms with Crippen molar-refractivity contribution in [2.75, 3.05) is 13.2 Å². The largest absolute Gasteiger partial charge is 0.374 e. The summed E-state index contributed by atoms with van der Waals surface area (Å²) in [6, 6.07) is 10.2. The molecule has 1 aromatic rings. The molecule has 0 spiro atoms. The monoisotopic (exact) mass is 222 g/mol. The molecule has 1 atom stereocenters. The Morgan fingerprint density at radius 3 is 2.62 bits per heavy atom. The Hall–Kier alpha value is -0.900. The fourth-order valence-electron chi connectivity index (χ4n) is 1.70. The summed E-state index contributed by atoms with van der Waals surface area (Å²) in [4.78, 5) is 0. The highest BCUT2D eigenvalue weighted by atomic mass is 16.7. The molecule has 2 rings (SSSR count). The van der Waals surface area contributed by atoms with Crippen molar-refractivity contribution < 1.29 is 14.2 Å². The van der Waals surface area contributed by atoms with Crippen LogP contribution in [-0.4, -0.2) is 25.6 Å². The third-order valence-corrected chi connectivity index (χ3v) is 2.59. The van der Waals surface area contributed by atoms with Crippen molar-refractivity contribution in [2.24, 2.45) is 0 Å². The van der Waals surface area contributed by atoms with Gasteiger partial charge in [0.05, 0.1) is 25.9 Å². The minimum Gasteiger partial charge on any atom is -0.374 e. The van der Waals surface area contributed by atoms with Crippen LogP contribution in [0.4, 0.5) is 0 Å². The Labute approximate surface area is 96.3 Å². The smallest absolute Gasteiger partial charge is 0.160 e. The summed E-state index contributed by atoms with van der Waals surface area (Å²) in [6.07, 6.45) is 0.876. The van der Waals surface area contributed by atoms with Crippen molar-refractivity contribution in [1.82, 2.24) is 0 Å². The molecule has 0 N–H and O–H groups in total. The zero-order chi connectivity index (χ0) is 11.2. The van der Waals surface area contributed by atoms with Crippen LogP contribution in [0.5, 0.6) is 0 Å². The van der Waals surface area contributed by atoms with Crippen molar-refractivity contribution in [3.05, 3.63) is 35.9 Å². The molecule has 1 aliphatic heterocycles. The standard InChI is InChI=1S/C13H18O3/c1-11(9-13-14-7-8-15-13)16-10-12-5-3-2-4-6-12/h2-6,11,13H,7-10H2,1H3/t11-/m1/s1. The van der Waals surface area contributed by atoms with Gasteiger partial charge in [0.15, 0.2) is 6.29 Å². The minimum absolute atomic E-state index is 0.0780. The van der Waals surface area contributed by atoms with Gasteiger partial charge in [0.1, 0.15) is 0 Å². The van der Waals surface area contributed by atoms with Gasteiger partial charge in [0.25, 0.3) is 0 Å². The Morgan fingerprint density at radius 2 is 1.94 bits per heavy atom. The van der Waals surface area contributed by atoms with E-state index < -0.39 is 0 Å². The fraction of sp³-hybridized carbons (Fsp3) is 0.538. The molecule has 1 saturated heterocycles. The molecule has 1 aromatic carbocycles. The van der Waals surface area contributed by atoms with Crippen LogP contribution < -0.4 is 0 Å². The summed E-state index contributed by atoms with van der Waals surface area (Å²) in [6.45, 7) is 4.11. The van der Waals surface area contributed by atoms with Crippen molar-refractivity contribution in [3.63, 3.8) is 0 Å². The van der Waals surface area contributed by atoms with E-state index in [9.17, 15) is 0 Å². The molecular weight excluding hydrogens is 204 g/mol. The molecule has 1 fully saturated rings. The van der Waals surface area contributed by atoms with Gasteiger partial charge in [-0.25, -0.2) is 0 Å². The molecule has 0 radical (unpaired) electrons. The molecule has 3 heteroatoms. The van der Waals surface area contributed by atoms with E-state index in [1.165, 1.54) is 5.56 Å². The van der Waals surface area contributed by atoms with Crippen molar-refractivity contribution in [1.29, 1.82) is 0 Å². The highest BCUT2D eigenvalue weighted by Crippen LogP contribution is 2.13. The summed E-state index contributed by atoms with van der Waals surface area (Å²) in [7, 11) is 0. The molecular formula is C13H18O3. The van der Waals surface area contributed by atoms with E-state index in [0.29, 0.717) is 19.8 Å². The predicted molar refractivity (Wildman–Crippen MR) is 61.0 cm³/mol. The second-order valence-electron chi connectivity index (χ2n) is 4.01. The topological polar surface area (TPSA) is 27.7 Å². The second kappa shape index (κ2) is 5.99. The van der Waals surface area contributed by atoms with E-state index in [0.717, 1.165) is 6.42 Å². The van der Waals surface area contributed by atoms with E-state index in [2.05, 4.69) is 12.1 Å². The maximum atomic E-state index is 5.73. The van der Waals surface area contributed by atoms with E-state index in [-0.39, 0.29) is 12.4 Å². The number of benzene rings is 1. The van der Waals surface area contributed by atoms with E-state index in [1.807, 2.05) is 25.1 Å². The van der Waals surface area contributed by atoms with Crippen molar-refractivity contribution in [2.45, 2.75) is 32.3 Å². The maximum absolute atomic E-state index is 5.73. The molecule has 0 amide bonds. The van der Waals surface area contributed by atoms with Gasteiger partial charge in [-0.15, -0.1) is 0 Å². The lowest BCUT2D eigenvalue weighted by Gasteiger charge is -2.16. The lowest BCUT2D eigenvalue weighted by Crippen LogP contribution is -2.18. The summed E-state index contributed by atoms with van der Waals surface area (Å²) in [5.74, 6) is 0. The third kappa shape index (κ3) is 3.59. The number of ether oxygens (including phenoxy) is 3. The molecule has 1 aliphatic rings. The molecule has 88 valence electrons. The fourth-order valence-corrected chi connectivity index (χ4v) is 1.70. The maximum Gasteiger partial charge on any atom is 0.160 e. The van der Waals surface area contributed by atoms with Crippen LogP contribution in [0.1, 0.15) is 18.9 Å². The Kier molecular flexibility index (Phi) is 4.34. The van der Waals surface area contributed by atoms with Crippen LogP contribution in [0, 0.1) is 0 Å². The SMILES string of the molecule is C[C@H](CC1OCCO1)OCc1ccccc1. The van der Waals surface area contributed by atoms with Crippen LogP contribution in [0.15, 0.2) is 30.3 Å². The van der Waals surface area contributed by atoms with Crippen LogP contribution >= 0.6 is 0 Å². The van der Waals surface area contributed by atoms with Gasteiger partial charge < -0.3 is 14.2 Å². The van der Waals surface area contributed by atoms with Crippen molar-refractivity contribution in [3.8, 4) is 0 Å². The zero-order valence-electron chi connectivity index (χ0n) is 9.59. The van der Waals surface area contributed by atoms with Crippen LogP contribution in [0.3, 0.4) is 0 Å². The highest BCUT2D eigenvalue weighted by molar-refractivity contribution is 5.13. The molecule has 0 bridgehead atoms. The van der Waals surface area contributed by atoms with E-state index in [1.54, 1.807) is 0 Å². The highest BCUT2D eigenvalue weighted by Gasteiger charge is 2.19. The summed E-state index contributed by atoms with van der Waals surface area (Å²) < 4.78 is 16.5. The summed E-state index contributed by atoms with van der Waals surface area (Å²) in [5, 5.41) is 0. The molecule has 16 heavy (non-hydrogen) atoms. The van der Waals surface area contributed by atoms with Crippen molar-refractivity contribution >= 4 is 0 Å². The van der Waals surface area contributed by atoms with Crippen LogP contribution in [0.2, 0.25) is 0 Å². The summed E-state index contributed by atoms with van der Waals surface area (Å²) in [5.41, 5.74) is 1.20. The van der Waals surface area contributed by atoms with Gasteiger partial charge in [-0.3, -0.25) is 0 Å². The minimum atomic E-state index is -0.0780. The normalized spacial score (nSPS) is 18.8. The van der Waals surface area contributed by atoms with Gasteiger partial charge >= 0.3 is 0 Å². The third-order valence-electron chi connectivity index (χ3n) is 2.59. The summed E-state index contributed by atoms with van der Waals surface area (Å²) >= 11 is 0. The molecule has 3 nitrogen and oxygen atoms in total. The number of hydrogen-bond acceptors (Lipinski definition) is 3. The Bertz CT molecular complexity index is 293. The first-order chi connectivity index (χ1) is 7.84. The number of rotatable bonds is 5. The first kappa shape index (κ1) is 11.6. The van der Waals surface area contributed by atoms with E-state index >= 15 is 0 Å². The first-order valence-corrected chi connectivity index (χ1v) is 5.73. The Morgan fingerprint density at radius 1 is 1.25 bits per heavy atom. The van der Waals surface area contributed by atoms with Crippen LogP contribution in [-0.2, 0) is 20.8 Å². The molecule has 0 aromatic heterocycles. The second-order valence-corrected chi connectivity index (χ2v) is 4.01. The van der Waals surface area contributed by atoms with Crippen LogP contribution in [0.25, 0.3) is 0 Å². The van der Waals surface area contributed by atoms with Gasteiger partial charge in [0, 0.05) is 6.42 Å². The van der Waals surface area contributed by atoms with E-state index in [4.69, 9.17) is 14.2 Å². The average Bonchev–Trinajstić information content (AvgIpc) is 2.81. The van der Waals surface area contributed by atoms with Gasteiger partial charge in [-0.05, 0) is 12.5 Å². The zero-order valence-corrected chi connectivity index (χ0v) is 9.59. The number of hydrogen-bond donors (Lipinski definition) is 0. The molecule has 1 heterocycles. The van der Waals surface area contributed by atoms with Gasteiger partial charge in [-0.1, -0.05) is 30.3 Å². The average molecular weight is 222 g/mol. The molecule has 0 aliphatic carbocycles. The lowest BCUT2D eigenvalue weighted by molar-refractivity contribution is -0.0824. The van der Waals surface area contributed by atoms with Gasteiger partial charge in [-0.2, -0.15) is 0 Å². The predicted octanol–water partition coefficient (Wildman–Crippen LogP) is 2.35. The van der Waals surface area contributed by atoms with Gasteiger partial charge in [0.2, 0.25) is 0 Å². The lowest BCUT2D eigenvalue weighted by atomic mass is 10.2. The molecule has 0 unspecified atom stereocenters. The Balaban J connectivity index is 1.69.